The number of carbonyl (C=O) groups is 1. The summed E-state index contributed by atoms with van der Waals surface area (Å²) in [6.45, 7) is 0.275. The summed E-state index contributed by atoms with van der Waals surface area (Å²) in [6, 6.07) is 15.5. The predicted molar refractivity (Wildman–Crippen MR) is 128 cm³/mol. The normalized spacial score (nSPS) is 11.0. The van der Waals surface area contributed by atoms with Crippen LogP contribution in [0.25, 0.3) is 17.3 Å². The monoisotopic (exact) mass is 509 g/mol. The van der Waals surface area contributed by atoms with Crippen LogP contribution in [-0.4, -0.2) is 25.7 Å². The van der Waals surface area contributed by atoms with Crippen molar-refractivity contribution in [3.63, 3.8) is 0 Å². The Labute approximate surface area is 206 Å². The summed E-state index contributed by atoms with van der Waals surface area (Å²) in [5, 5.41) is 14.3. The van der Waals surface area contributed by atoms with Crippen molar-refractivity contribution < 1.29 is 18.0 Å². The summed E-state index contributed by atoms with van der Waals surface area (Å²) in [6.07, 6.45) is 1.55. The highest BCUT2D eigenvalue weighted by Crippen LogP contribution is 2.30. The SMILES string of the molecule is O=C(NCc1ccc(F)cc1)c1csc(CSc2nnc(-c3ccco3)n2-c2ccc(F)cc2)n1. The van der Waals surface area contributed by atoms with Gasteiger partial charge in [-0.2, -0.15) is 0 Å². The van der Waals surface area contributed by atoms with Gasteiger partial charge in [0.05, 0.1) is 17.7 Å². The molecule has 0 spiro atoms. The van der Waals surface area contributed by atoms with Crippen LogP contribution in [0.4, 0.5) is 8.78 Å². The van der Waals surface area contributed by atoms with Gasteiger partial charge in [0.15, 0.2) is 10.9 Å². The summed E-state index contributed by atoms with van der Waals surface area (Å²) in [4.78, 5) is 16.9. The van der Waals surface area contributed by atoms with E-state index in [-0.39, 0.29) is 24.1 Å². The third kappa shape index (κ3) is 5.31. The van der Waals surface area contributed by atoms with Crippen molar-refractivity contribution in [1.29, 1.82) is 0 Å². The van der Waals surface area contributed by atoms with Crippen LogP contribution in [0, 0.1) is 11.6 Å². The fourth-order valence-corrected chi connectivity index (χ4v) is 4.98. The highest BCUT2D eigenvalue weighted by Gasteiger charge is 2.19. The third-order valence-electron chi connectivity index (χ3n) is 4.94. The lowest BCUT2D eigenvalue weighted by atomic mass is 10.2. The van der Waals surface area contributed by atoms with E-state index in [2.05, 4.69) is 20.5 Å². The number of hydrogen-bond acceptors (Lipinski definition) is 7. The Bertz CT molecular complexity index is 1430. The van der Waals surface area contributed by atoms with Crippen molar-refractivity contribution in [2.75, 3.05) is 0 Å². The molecule has 5 aromatic rings. The first kappa shape index (κ1) is 22.9. The molecule has 0 atom stereocenters. The topological polar surface area (TPSA) is 85.8 Å². The highest BCUT2D eigenvalue weighted by molar-refractivity contribution is 7.98. The van der Waals surface area contributed by atoms with Crippen molar-refractivity contribution in [2.24, 2.45) is 0 Å². The van der Waals surface area contributed by atoms with E-state index in [1.54, 1.807) is 52.6 Å². The molecule has 0 bridgehead atoms. The van der Waals surface area contributed by atoms with Crippen molar-refractivity contribution in [3.8, 4) is 17.3 Å². The predicted octanol–water partition coefficient (Wildman–Crippen LogP) is 5.48. The van der Waals surface area contributed by atoms with Gasteiger partial charge in [0.2, 0.25) is 5.82 Å². The molecule has 1 amide bonds. The molecule has 5 rings (SSSR count). The lowest BCUT2D eigenvalue weighted by molar-refractivity contribution is 0.0946. The summed E-state index contributed by atoms with van der Waals surface area (Å²) < 4.78 is 33.8. The van der Waals surface area contributed by atoms with E-state index >= 15 is 0 Å². The quantitative estimate of drug-likeness (QED) is 0.279. The second kappa shape index (κ2) is 10.2. The minimum atomic E-state index is -0.344. The molecule has 0 aliphatic rings. The number of thiazole rings is 1. The van der Waals surface area contributed by atoms with Gasteiger partial charge in [-0.25, -0.2) is 13.8 Å². The third-order valence-corrected chi connectivity index (χ3v) is 6.91. The molecule has 0 unspecified atom stereocenters. The van der Waals surface area contributed by atoms with Crippen molar-refractivity contribution in [2.45, 2.75) is 17.5 Å². The Morgan fingerprint density at radius 2 is 1.77 bits per heavy atom. The Balaban J connectivity index is 1.29. The van der Waals surface area contributed by atoms with Crippen LogP contribution in [0.3, 0.4) is 0 Å². The number of amides is 1. The molecule has 3 aromatic heterocycles. The molecule has 2 aromatic carbocycles. The van der Waals surface area contributed by atoms with Crippen LogP contribution >= 0.6 is 23.1 Å². The zero-order valence-electron chi connectivity index (χ0n) is 18.0. The van der Waals surface area contributed by atoms with Gasteiger partial charge in [0, 0.05) is 11.9 Å². The maximum Gasteiger partial charge on any atom is 0.271 e. The fraction of sp³-hybridized carbons (Fsp3) is 0.0833. The zero-order chi connectivity index (χ0) is 24.2. The molecule has 1 N–H and O–H groups in total. The first-order valence-electron chi connectivity index (χ1n) is 10.4. The van der Waals surface area contributed by atoms with Crippen molar-refractivity contribution >= 4 is 29.0 Å². The van der Waals surface area contributed by atoms with E-state index in [1.807, 2.05) is 0 Å². The first-order chi connectivity index (χ1) is 17.1. The van der Waals surface area contributed by atoms with Gasteiger partial charge in [0.25, 0.3) is 5.91 Å². The maximum atomic E-state index is 13.5. The first-order valence-corrected chi connectivity index (χ1v) is 12.3. The molecule has 0 aliphatic heterocycles. The molecule has 3 heterocycles. The number of halogens is 2. The summed E-state index contributed by atoms with van der Waals surface area (Å²) >= 11 is 2.75. The standard InChI is InChI=1S/C24H17F2N5O2S2/c25-16-5-3-15(4-6-16)12-27-23(32)19-13-34-21(28-19)14-35-24-30-29-22(20-2-1-11-33-20)31(24)18-9-7-17(26)8-10-18/h1-11,13H,12,14H2,(H,27,32). The number of hydrogen-bond donors (Lipinski definition) is 1. The van der Waals surface area contributed by atoms with Gasteiger partial charge < -0.3 is 9.73 Å². The van der Waals surface area contributed by atoms with Gasteiger partial charge in [-0.05, 0) is 54.1 Å². The van der Waals surface area contributed by atoms with Crippen molar-refractivity contribution in [1.82, 2.24) is 25.1 Å². The molecule has 0 aliphatic carbocycles. The molecular formula is C24H17F2N5O2S2. The van der Waals surface area contributed by atoms with E-state index in [4.69, 9.17) is 4.42 Å². The summed E-state index contributed by atoms with van der Waals surface area (Å²) in [7, 11) is 0. The van der Waals surface area contributed by atoms with Gasteiger partial charge in [-0.15, -0.1) is 21.5 Å². The molecular weight excluding hydrogens is 492 g/mol. The lowest BCUT2D eigenvalue weighted by Crippen LogP contribution is -2.23. The molecule has 0 saturated heterocycles. The molecule has 176 valence electrons. The smallest absolute Gasteiger partial charge is 0.271 e. The maximum absolute atomic E-state index is 13.5. The lowest BCUT2D eigenvalue weighted by Gasteiger charge is -2.08. The number of aromatic nitrogens is 4. The molecule has 11 heteroatoms. The summed E-state index contributed by atoms with van der Waals surface area (Å²) in [5.74, 6) is 0.494. The molecule has 7 nitrogen and oxygen atoms in total. The van der Waals surface area contributed by atoms with Gasteiger partial charge in [-0.3, -0.25) is 9.36 Å². The molecule has 0 radical (unpaired) electrons. The Morgan fingerprint density at radius 3 is 2.49 bits per heavy atom. The molecule has 0 fully saturated rings. The Hall–Kier alpha value is -3.83. The van der Waals surface area contributed by atoms with Crippen LogP contribution in [0.2, 0.25) is 0 Å². The average Bonchev–Trinajstić information content (AvgIpc) is 3.63. The van der Waals surface area contributed by atoms with Gasteiger partial charge in [0.1, 0.15) is 22.3 Å². The molecule has 35 heavy (non-hydrogen) atoms. The average molecular weight is 510 g/mol. The molecule has 0 saturated carbocycles. The summed E-state index contributed by atoms with van der Waals surface area (Å²) in [5.41, 5.74) is 1.78. The highest BCUT2D eigenvalue weighted by atomic mass is 32.2. The number of benzene rings is 2. The van der Waals surface area contributed by atoms with Crippen LogP contribution < -0.4 is 5.32 Å². The minimum absolute atomic E-state index is 0.275. The Kier molecular flexibility index (Phi) is 6.68. The second-order valence-corrected chi connectivity index (χ2v) is 9.20. The van der Waals surface area contributed by atoms with E-state index in [1.165, 1.54) is 47.4 Å². The number of nitrogens with one attached hydrogen (secondary N) is 1. The van der Waals surface area contributed by atoms with Crippen LogP contribution in [0.15, 0.2) is 81.9 Å². The van der Waals surface area contributed by atoms with E-state index < -0.39 is 0 Å². The second-order valence-electron chi connectivity index (χ2n) is 7.32. The number of carbonyl (C=O) groups excluding carboxylic acids is 1. The number of rotatable bonds is 8. The van der Waals surface area contributed by atoms with E-state index in [9.17, 15) is 13.6 Å². The zero-order valence-corrected chi connectivity index (χ0v) is 19.7. The fourth-order valence-electron chi connectivity index (χ4n) is 3.23. The number of furan rings is 1. The van der Waals surface area contributed by atoms with Crippen LogP contribution in [-0.2, 0) is 12.3 Å². The Morgan fingerprint density at radius 1 is 1.03 bits per heavy atom. The van der Waals surface area contributed by atoms with E-state index in [0.717, 1.165) is 10.6 Å². The number of nitrogens with zero attached hydrogens (tertiary/aromatic N) is 4. The van der Waals surface area contributed by atoms with Gasteiger partial charge >= 0.3 is 0 Å². The van der Waals surface area contributed by atoms with Crippen LogP contribution in [0.1, 0.15) is 21.1 Å². The largest absolute Gasteiger partial charge is 0.461 e. The number of thioether (sulfide) groups is 1. The van der Waals surface area contributed by atoms with Crippen LogP contribution in [0.5, 0.6) is 0 Å². The van der Waals surface area contributed by atoms with Crippen molar-refractivity contribution in [3.05, 3.63) is 100 Å². The van der Waals surface area contributed by atoms with Gasteiger partial charge in [-0.1, -0.05) is 23.9 Å². The van der Waals surface area contributed by atoms with E-state index in [0.29, 0.717) is 33.9 Å². The minimum Gasteiger partial charge on any atom is -0.461 e.